The molecule has 2 heterocycles. The summed E-state index contributed by atoms with van der Waals surface area (Å²) in [7, 11) is 0. The third-order valence-corrected chi connectivity index (χ3v) is 7.13. The van der Waals surface area contributed by atoms with Crippen molar-refractivity contribution in [3.8, 4) is 0 Å². The molecule has 0 radical (unpaired) electrons. The smallest absolute Gasteiger partial charge is 0.312 e. The number of hydrogen-bond donors (Lipinski definition) is 0. The van der Waals surface area contributed by atoms with Gasteiger partial charge in [-0.1, -0.05) is 25.0 Å². The van der Waals surface area contributed by atoms with Crippen LogP contribution in [0.5, 0.6) is 0 Å². The second kappa shape index (κ2) is 7.43. The molecule has 1 spiro atoms. The molecule has 1 aromatic rings. The SMILES string of the molecule is O=C1OC(CCN2CCN(c3ccccc3I)CC2)CC12CCCC2. The van der Waals surface area contributed by atoms with E-state index in [2.05, 4.69) is 56.7 Å². The summed E-state index contributed by atoms with van der Waals surface area (Å²) in [4.78, 5) is 17.3. The number of benzene rings is 1. The molecular weight excluding hydrogens is 427 g/mol. The minimum absolute atomic E-state index is 0.0958. The van der Waals surface area contributed by atoms with Crippen LogP contribution in [0.1, 0.15) is 38.5 Å². The quantitative estimate of drug-likeness (QED) is 0.514. The number of halogens is 1. The number of piperazine rings is 1. The van der Waals surface area contributed by atoms with Crippen LogP contribution in [0.25, 0.3) is 0 Å². The molecule has 4 rings (SSSR count). The van der Waals surface area contributed by atoms with Crippen LogP contribution in [0, 0.1) is 8.99 Å². The topological polar surface area (TPSA) is 32.8 Å². The maximum absolute atomic E-state index is 12.2. The lowest BCUT2D eigenvalue weighted by Gasteiger charge is -2.36. The van der Waals surface area contributed by atoms with Crippen LogP contribution in [0.4, 0.5) is 5.69 Å². The second-order valence-electron chi connectivity index (χ2n) is 7.79. The van der Waals surface area contributed by atoms with Gasteiger partial charge in [-0.3, -0.25) is 9.69 Å². The van der Waals surface area contributed by atoms with Gasteiger partial charge in [-0.15, -0.1) is 0 Å². The monoisotopic (exact) mass is 454 g/mol. The van der Waals surface area contributed by atoms with Gasteiger partial charge in [-0.2, -0.15) is 0 Å². The molecule has 0 N–H and O–H groups in total. The zero-order chi connectivity index (χ0) is 17.3. The van der Waals surface area contributed by atoms with E-state index in [4.69, 9.17) is 4.74 Å². The largest absolute Gasteiger partial charge is 0.462 e. The number of carbonyl (C=O) groups excluding carboxylic acids is 1. The highest BCUT2D eigenvalue weighted by atomic mass is 127. The Balaban J connectivity index is 1.24. The first-order valence-electron chi connectivity index (χ1n) is 9.59. The molecule has 0 amide bonds. The lowest BCUT2D eigenvalue weighted by molar-refractivity contribution is -0.148. The minimum Gasteiger partial charge on any atom is -0.462 e. The third-order valence-electron chi connectivity index (χ3n) is 6.22. The van der Waals surface area contributed by atoms with Gasteiger partial charge in [0.05, 0.1) is 11.1 Å². The van der Waals surface area contributed by atoms with Crippen molar-refractivity contribution in [1.29, 1.82) is 0 Å². The normalized spacial score (nSPS) is 26.4. The second-order valence-corrected chi connectivity index (χ2v) is 8.95. The molecule has 3 fully saturated rings. The Morgan fingerprint density at radius 1 is 1.12 bits per heavy atom. The maximum Gasteiger partial charge on any atom is 0.312 e. The van der Waals surface area contributed by atoms with Crippen LogP contribution in [-0.2, 0) is 9.53 Å². The molecule has 1 saturated carbocycles. The van der Waals surface area contributed by atoms with Gasteiger partial charge < -0.3 is 9.64 Å². The molecular formula is C20H27IN2O2. The van der Waals surface area contributed by atoms with Gasteiger partial charge in [-0.25, -0.2) is 0 Å². The van der Waals surface area contributed by atoms with Gasteiger partial charge in [0.1, 0.15) is 6.10 Å². The molecule has 0 bridgehead atoms. The van der Waals surface area contributed by atoms with Gasteiger partial charge in [-0.05, 0) is 54.0 Å². The Morgan fingerprint density at radius 2 is 1.84 bits per heavy atom. The van der Waals surface area contributed by atoms with Crippen molar-refractivity contribution in [3.05, 3.63) is 27.8 Å². The summed E-state index contributed by atoms with van der Waals surface area (Å²) in [6.45, 7) is 5.39. The van der Waals surface area contributed by atoms with E-state index in [1.54, 1.807) is 0 Å². The summed E-state index contributed by atoms with van der Waals surface area (Å²) in [5.41, 5.74) is 1.25. The van der Waals surface area contributed by atoms with Gasteiger partial charge >= 0.3 is 5.97 Å². The molecule has 4 nitrogen and oxygen atoms in total. The zero-order valence-corrected chi connectivity index (χ0v) is 16.9. The van der Waals surface area contributed by atoms with E-state index in [0.717, 1.165) is 58.4 Å². The Bertz CT molecular complexity index is 622. The number of cyclic esters (lactones) is 1. The molecule has 1 unspecified atom stereocenters. The van der Waals surface area contributed by atoms with Gasteiger partial charge in [0.25, 0.3) is 0 Å². The Hall–Kier alpha value is -0.820. The zero-order valence-electron chi connectivity index (χ0n) is 14.8. The number of carbonyl (C=O) groups is 1. The van der Waals surface area contributed by atoms with Crippen molar-refractivity contribution in [1.82, 2.24) is 4.90 Å². The predicted octanol–water partition coefficient (Wildman–Crippen LogP) is 3.68. The van der Waals surface area contributed by atoms with Crippen molar-refractivity contribution < 1.29 is 9.53 Å². The molecule has 2 aliphatic heterocycles. The predicted molar refractivity (Wildman–Crippen MR) is 108 cm³/mol. The molecule has 25 heavy (non-hydrogen) atoms. The first kappa shape index (κ1) is 17.6. The fourth-order valence-electron chi connectivity index (χ4n) is 4.71. The van der Waals surface area contributed by atoms with Crippen molar-refractivity contribution >= 4 is 34.2 Å². The number of anilines is 1. The molecule has 2 saturated heterocycles. The molecule has 136 valence electrons. The maximum atomic E-state index is 12.2. The van der Waals surface area contributed by atoms with Crippen LogP contribution in [-0.4, -0.2) is 49.7 Å². The molecule has 1 aliphatic carbocycles. The summed E-state index contributed by atoms with van der Waals surface area (Å²) in [5, 5.41) is 0. The fourth-order valence-corrected chi connectivity index (χ4v) is 5.43. The molecule has 5 heteroatoms. The Labute approximate surface area is 164 Å². The summed E-state index contributed by atoms with van der Waals surface area (Å²) in [6.07, 6.45) is 6.61. The summed E-state index contributed by atoms with van der Waals surface area (Å²) in [5.74, 6) is 0.0958. The number of rotatable bonds is 4. The minimum atomic E-state index is -0.104. The van der Waals surface area contributed by atoms with E-state index in [0.29, 0.717) is 0 Å². The van der Waals surface area contributed by atoms with Crippen molar-refractivity contribution in [2.24, 2.45) is 5.41 Å². The highest BCUT2D eigenvalue weighted by Gasteiger charge is 2.50. The standard InChI is InChI=1S/C20H27IN2O2/c21-17-5-1-2-6-18(17)23-13-11-22(12-14-23)10-7-16-15-20(19(24)25-16)8-3-4-9-20/h1-2,5-6,16H,3-4,7-15H2. The first-order chi connectivity index (χ1) is 12.2. The van der Waals surface area contributed by atoms with E-state index < -0.39 is 0 Å². The summed E-state index contributed by atoms with van der Waals surface area (Å²) in [6, 6.07) is 8.62. The van der Waals surface area contributed by atoms with E-state index >= 15 is 0 Å². The average molecular weight is 454 g/mol. The molecule has 3 aliphatic rings. The van der Waals surface area contributed by atoms with E-state index in [9.17, 15) is 4.79 Å². The number of hydrogen-bond acceptors (Lipinski definition) is 4. The average Bonchev–Trinajstić information content (AvgIpc) is 3.22. The number of nitrogens with zero attached hydrogens (tertiary/aromatic N) is 2. The van der Waals surface area contributed by atoms with Crippen LogP contribution in [0.15, 0.2) is 24.3 Å². The summed E-state index contributed by atoms with van der Waals surface area (Å²) >= 11 is 2.42. The number of esters is 1. The third kappa shape index (κ3) is 3.68. The van der Waals surface area contributed by atoms with Gasteiger partial charge in [0, 0.05) is 42.7 Å². The van der Waals surface area contributed by atoms with E-state index in [1.165, 1.54) is 22.1 Å². The lowest BCUT2D eigenvalue weighted by atomic mass is 9.83. The van der Waals surface area contributed by atoms with Crippen LogP contribution in [0.2, 0.25) is 0 Å². The fraction of sp³-hybridized carbons (Fsp3) is 0.650. The van der Waals surface area contributed by atoms with Crippen LogP contribution < -0.4 is 4.90 Å². The first-order valence-corrected chi connectivity index (χ1v) is 10.7. The van der Waals surface area contributed by atoms with Crippen molar-refractivity contribution in [2.45, 2.75) is 44.6 Å². The number of ether oxygens (including phenoxy) is 1. The molecule has 1 atom stereocenters. The van der Waals surface area contributed by atoms with Crippen molar-refractivity contribution in [2.75, 3.05) is 37.6 Å². The van der Waals surface area contributed by atoms with Crippen molar-refractivity contribution in [3.63, 3.8) is 0 Å². The number of para-hydroxylation sites is 1. The molecule has 0 aromatic heterocycles. The van der Waals surface area contributed by atoms with Crippen LogP contribution >= 0.6 is 22.6 Å². The van der Waals surface area contributed by atoms with E-state index in [1.807, 2.05) is 0 Å². The van der Waals surface area contributed by atoms with Gasteiger partial charge in [0.15, 0.2) is 0 Å². The molecule has 1 aromatic carbocycles. The summed E-state index contributed by atoms with van der Waals surface area (Å²) < 4.78 is 7.05. The highest BCUT2D eigenvalue weighted by molar-refractivity contribution is 14.1. The van der Waals surface area contributed by atoms with Gasteiger partial charge in [0.2, 0.25) is 0 Å². The van der Waals surface area contributed by atoms with Crippen LogP contribution in [0.3, 0.4) is 0 Å². The Morgan fingerprint density at radius 3 is 2.56 bits per heavy atom. The lowest BCUT2D eigenvalue weighted by Crippen LogP contribution is -2.47. The van der Waals surface area contributed by atoms with E-state index in [-0.39, 0.29) is 17.5 Å². The highest BCUT2D eigenvalue weighted by Crippen LogP contribution is 2.48. The Kier molecular flexibility index (Phi) is 5.23.